The number of amides is 1. The predicted octanol–water partition coefficient (Wildman–Crippen LogP) is 3.61. The van der Waals surface area contributed by atoms with Crippen LogP contribution >= 0.6 is 0 Å². The molecule has 1 heterocycles. The number of carbonyl (C=O) groups excluding carboxylic acids is 2. The number of nitrogens with one attached hydrogen (secondary N) is 2. The summed E-state index contributed by atoms with van der Waals surface area (Å²) in [5.41, 5.74) is 5.33. The molecule has 0 saturated carbocycles. The Labute approximate surface area is 198 Å². The Hall–Kier alpha value is -3.68. The van der Waals surface area contributed by atoms with Crippen LogP contribution in [-0.4, -0.2) is 52.5 Å². The van der Waals surface area contributed by atoms with E-state index >= 15 is 0 Å². The van der Waals surface area contributed by atoms with Crippen LogP contribution in [0.4, 0.5) is 11.4 Å². The maximum Gasteiger partial charge on any atom is 0.238 e. The molecule has 1 saturated heterocycles. The molecular formula is C27H27N3O4. The molecule has 0 unspecified atom stereocenters. The van der Waals surface area contributed by atoms with Crippen LogP contribution in [-0.2, 0) is 11.4 Å². The third kappa shape index (κ3) is 4.40. The SMILES string of the molecule is O=C(CN1CCC(Nc2ccc(O)cc2CO)CC1)Nc1ccc2c(c1)-c1ccccc1C2=O. The van der Waals surface area contributed by atoms with Gasteiger partial charge in [-0.25, -0.2) is 0 Å². The number of aliphatic hydroxyl groups excluding tert-OH is 1. The number of ketones is 1. The van der Waals surface area contributed by atoms with Crippen molar-refractivity contribution in [2.45, 2.75) is 25.5 Å². The highest BCUT2D eigenvalue weighted by Gasteiger charge is 2.27. The van der Waals surface area contributed by atoms with Gasteiger partial charge in [-0.1, -0.05) is 24.3 Å². The summed E-state index contributed by atoms with van der Waals surface area (Å²) in [6.45, 7) is 1.73. The van der Waals surface area contributed by atoms with Crippen LogP contribution in [0.2, 0.25) is 0 Å². The highest BCUT2D eigenvalue weighted by atomic mass is 16.3. The van der Waals surface area contributed by atoms with Gasteiger partial charge in [0.15, 0.2) is 5.78 Å². The molecule has 7 nitrogen and oxygen atoms in total. The molecule has 3 aromatic rings. The van der Waals surface area contributed by atoms with E-state index in [1.54, 1.807) is 30.3 Å². The molecule has 1 fully saturated rings. The summed E-state index contributed by atoms with van der Waals surface area (Å²) in [5, 5.41) is 25.6. The monoisotopic (exact) mass is 457 g/mol. The fourth-order valence-corrected chi connectivity index (χ4v) is 4.81. The molecule has 1 aliphatic heterocycles. The van der Waals surface area contributed by atoms with Crippen molar-refractivity contribution in [1.29, 1.82) is 0 Å². The molecule has 1 amide bonds. The van der Waals surface area contributed by atoms with E-state index in [1.807, 2.05) is 30.3 Å². The topological polar surface area (TPSA) is 102 Å². The standard InChI is InChI=1S/C27H27N3O4/c31-16-17-13-20(32)6-8-25(17)28-18-9-11-30(12-10-18)15-26(33)29-19-5-7-23-24(14-19)21-3-1-2-4-22(21)27(23)34/h1-8,13-14,18,28,31-32H,9-12,15-16H2,(H,29,33). The predicted molar refractivity (Wildman–Crippen MR) is 131 cm³/mol. The maximum absolute atomic E-state index is 12.7. The van der Waals surface area contributed by atoms with Gasteiger partial charge in [0.25, 0.3) is 0 Å². The van der Waals surface area contributed by atoms with Gasteiger partial charge in [-0.05, 0) is 60.4 Å². The first kappa shape index (κ1) is 22.1. The number of nitrogens with zero attached hydrogens (tertiary/aromatic N) is 1. The maximum atomic E-state index is 12.7. The normalized spacial score (nSPS) is 15.6. The minimum atomic E-state index is -0.141. The van der Waals surface area contributed by atoms with Crippen molar-refractivity contribution in [2.75, 3.05) is 30.3 Å². The molecule has 34 heavy (non-hydrogen) atoms. The lowest BCUT2D eigenvalue weighted by molar-refractivity contribution is -0.117. The van der Waals surface area contributed by atoms with E-state index in [0.717, 1.165) is 42.7 Å². The number of carbonyl (C=O) groups is 2. The Morgan fingerprint density at radius 3 is 2.44 bits per heavy atom. The summed E-state index contributed by atoms with van der Waals surface area (Å²) >= 11 is 0. The van der Waals surface area contributed by atoms with Crippen LogP contribution in [0.25, 0.3) is 11.1 Å². The zero-order valence-corrected chi connectivity index (χ0v) is 18.8. The summed E-state index contributed by atoms with van der Waals surface area (Å²) in [6.07, 6.45) is 1.74. The third-order valence-corrected chi connectivity index (χ3v) is 6.58. The molecule has 4 N–H and O–H groups in total. The molecule has 0 radical (unpaired) electrons. The van der Waals surface area contributed by atoms with Crippen LogP contribution < -0.4 is 10.6 Å². The number of hydrogen-bond acceptors (Lipinski definition) is 6. The van der Waals surface area contributed by atoms with Crippen molar-refractivity contribution in [3.63, 3.8) is 0 Å². The van der Waals surface area contributed by atoms with E-state index < -0.39 is 0 Å². The van der Waals surface area contributed by atoms with Crippen molar-refractivity contribution in [3.05, 3.63) is 77.4 Å². The van der Waals surface area contributed by atoms with E-state index in [-0.39, 0.29) is 30.1 Å². The quantitative estimate of drug-likeness (QED) is 0.330. The molecule has 7 heteroatoms. The van der Waals surface area contributed by atoms with Crippen molar-refractivity contribution in [3.8, 4) is 16.9 Å². The highest BCUT2D eigenvalue weighted by Crippen LogP contribution is 2.37. The van der Waals surface area contributed by atoms with Crippen LogP contribution in [0, 0.1) is 0 Å². The van der Waals surface area contributed by atoms with Crippen molar-refractivity contribution >= 4 is 23.1 Å². The van der Waals surface area contributed by atoms with Gasteiger partial charge in [0.1, 0.15) is 5.75 Å². The first-order valence-corrected chi connectivity index (χ1v) is 11.5. The number of piperidine rings is 1. The van der Waals surface area contributed by atoms with Gasteiger partial charge < -0.3 is 20.8 Å². The molecule has 2 aliphatic rings. The smallest absolute Gasteiger partial charge is 0.238 e. The Bertz CT molecular complexity index is 1250. The van der Waals surface area contributed by atoms with E-state index in [1.165, 1.54) is 0 Å². The molecule has 0 atom stereocenters. The zero-order chi connectivity index (χ0) is 23.7. The number of benzene rings is 3. The van der Waals surface area contributed by atoms with Crippen LogP contribution in [0.5, 0.6) is 5.75 Å². The Morgan fingerprint density at radius 1 is 0.941 bits per heavy atom. The van der Waals surface area contributed by atoms with Crippen LogP contribution in [0.3, 0.4) is 0 Å². The molecule has 174 valence electrons. The fraction of sp³-hybridized carbons (Fsp3) is 0.259. The lowest BCUT2D eigenvalue weighted by atomic mass is 10.0. The van der Waals surface area contributed by atoms with Gasteiger partial charge in [-0.2, -0.15) is 0 Å². The number of fused-ring (bicyclic) bond motifs is 3. The van der Waals surface area contributed by atoms with Gasteiger partial charge in [-0.15, -0.1) is 0 Å². The van der Waals surface area contributed by atoms with Gasteiger partial charge in [-0.3, -0.25) is 14.5 Å². The number of phenolic OH excluding ortho intramolecular Hbond substituents is 1. The number of rotatable bonds is 6. The molecule has 0 bridgehead atoms. The summed E-state index contributed by atoms with van der Waals surface area (Å²) in [5.74, 6) is 0.0815. The average Bonchev–Trinajstić information content (AvgIpc) is 3.13. The number of aromatic hydroxyl groups is 1. The second kappa shape index (κ2) is 9.29. The number of aliphatic hydroxyl groups is 1. The van der Waals surface area contributed by atoms with Gasteiger partial charge in [0.05, 0.1) is 13.2 Å². The Kier molecular flexibility index (Phi) is 6.04. The summed E-state index contributed by atoms with van der Waals surface area (Å²) < 4.78 is 0. The number of likely N-dealkylation sites (tertiary alicyclic amines) is 1. The molecule has 0 spiro atoms. The first-order valence-electron chi connectivity index (χ1n) is 11.5. The zero-order valence-electron chi connectivity index (χ0n) is 18.8. The third-order valence-electron chi connectivity index (χ3n) is 6.58. The number of hydrogen-bond donors (Lipinski definition) is 4. The minimum Gasteiger partial charge on any atom is -0.508 e. The van der Waals surface area contributed by atoms with Gasteiger partial charge in [0.2, 0.25) is 5.91 Å². The van der Waals surface area contributed by atoms with Crippen LogP contribution in [0.15, 0.2) is 60.7 Å². The second-order valence-corrected chi connectivity index (χ2v) is 8.88. The number of anilines is 2. The molecular weight excluding hydrogens is 430 g/mol. The van der Waals surface area contributed by atoms with Gasteiger partial charge >= 0.3 is 0 Å². The second-order valence-electron chi connectivity index (χ2n) is 8.88. The largest absolute Gasteiger partial charge is 0.508 e. The van der Waals surface area contributed by atoms with E-state index in [4.69, 9.17) is 0 Å². The highest BCUT2D eigenvalue weighted by molar-refractivity contribution is 6.22. The average molecular weight is 458 g/mol. The lowest BCUT2D eigenvalue weighted by Crippen LogP contribution is -2.42. The molecule has 1 aliphatic carbocycles. The molecule has 5 rings (SSSR count). The summed E-state index contributed by atoms with van der Waals surface area (Å²) in [4.78, 5) is 27.4. The number of phenols is 1. The Balaban J connectivity index is 1.16. The fourth-order valence-electron chi connectivity index (χ4n) is 4.81. The first-order chi connectivity index (χ1) is 16.5. The van der Waals surface area contributed by atoms with Crippen molar-refractivity contribution in [1.82, 2.24) is 4.90 Å². The minimum absolute atomic E-state index is 0.0263. The van der Waals surface area contributed by atoms with Crippen molar-refractivity contribution in [2.24, 2.45) is 0 Å². The lowest BCUT2D eigenvalue weighted by Gasteiger charge is -2.32. The van der Waals surface area contributed by atoms with Crippen molar-refractivity contribution < 1.29 is 19.8 Å². The summed E-state index contributed by atoms with van der Waals surface area (Å²) in [7, 11) is 0. The Morgan fingerprint density at radius 2 is 1.68 bits per heavy atom. The van der Waals surface area contributed by atoms with E-state index in [0.29, 0.717) is 28.9 Å². The summed E-state index contributed by atoms with van der Waals surface area (Å²) in [6, 6.07) is 18.2. The molecule has 0 aromatic heterocycles. The van der Waals surface area contributed by atoms with E-state index in [2.05, 4.69) is 15.5 Å². The van der Waals surface area contributed by atoms with E-state index in [9.17, 15) is 19.8 Å². The van der Waals surface area contributed by atoms with Gasteiger partial charge in [0, 0.05) is 47.2 Å². The molecule has 3 aromatic carbocycles. The van der Waals surface area contributed by atoms with Crippen LogP contribution in [0.1, 0.15) is 34.3 Å².